The molecule has 0 aliphatic carbocycles. The third kappa shape index (κ3) is 5.90. The number of hydrogen-bond donors (Lipinski definition) is 1. The lowest BCUT2D eigenvalue weighted by molar-refractivity contribution is -0.117. The summed E-state index contributed by atoms with van der Waals surface area (Å²) in [7, 11) is 0. The molecule has 0 atom stereocenters. The normalized spacial score (nSPS) is 15.8. The number of amides is 1. The summed E-state index contributed by atoms with van der Waals surface area (Å²) >= 11 is 5.59. The van der Waals surface area contributed by atoms with Gasteiger partial charge in [-0.3, -0.25) is 4.79 Å². The van der Waals surface area contributed by atoms with Gasteiger partial charge in [0.1, 0.15) is 11.6 Å². The summed E-state index contributed by atoms with van der Waals surface area (Å²) in [6, 6.07) is 12.5. The van der Waals surface area contributed by atoms with Crippen LogP contribution in [0.15, 0.2) is 42.1 Å². The Balaban J connectivity index is 1.82. The van der Waals surface area contributed by atoms with Gasteiger partial charge in [-0.05, 0) is 37.2 Å². The van der Waals surface area contributed by atoms with Gasteiger partial charge in [0.2, 0.25) is 0 Å². The second-order valence-corrected chi connectivity index (χ2v) is 6.50. The molecule has 128 valence electrons. The van der Waals surface area contributed by atoms with Crippen molar-refractivity contribution in [2.24, 2.45) is 5.92 Å². The maximum Gasteiger partial charge on any atom is 0.263 e. The summed E-state index contributed by atoms with van der Waals surface area (Å²) in [5, 5.41) is 11.9. The van der Waals surface area contributed by atoms with Crippen LogP contribution >= 0.6 is 11.6 Å². The molecule has 4 nitrogen and oxygen atoms in total. The largest absolute Gasteiger partial charge is 0.376 e. The van der Waals surface area contributed by atoms with Crippen molar-refractivity contribution in [3.63, 3.8) is 0 Å². The lowest BCUT2D eigenvalue weighted by Crippen LogP contribution is -2.32. The number of nitrogens with one attached hydrogen (secondary N) is 1. The summed E-state index contributed by atoms with van der Waals surface area (Å²) in [6.07, 6.45) is 5.67. The molecule has 0 saturated carbocycles. The predicted molar refractivity (Wildman–Crippen MR) is 96.5 cm³/mol. The van der Waals surface area contributed by atoms with E-state index >= 15 is 0 Å². The first-order valence-corrected chi connectivity index (χ1v) is 9.00. The number of likely N-dealkylation sites (tertiary alicyclic amines) is 1. The molecule has 2 rings (SSSR count). The topological polar surface area (TPSA) is 56.1 Å². The second-order valence-electron chi connectivity index (χ2n) is 6.12. The van der Waals surface area contributed by atoms with Gasteiger partial charge in [0.25, 0.3) is 5.91 Å². The molecule has 1 heterocycles. The number of carbonyl (C=O) groups is 1. The number of halogens is 1. The van der Waals surface area contributed by atoms with Crippen molar-refractivity contribution in [3.8, 4) is 6.07 Å². The number of rotatable bonds is 7. The Morgan fingerprint density at radius 3 is 2.67 bits per heavy atom. The standard InChI is InChI=1S/C19H24ClN3O/c20-9-4-10-22-19(24)18(14-21)15-23-11-7-17(8-12-23)13-16-5-2-1-3-6-16/h1-3,5-6,15,17H,4,7-13H2,(H,22,24)/b18-15-. The minimum atomic E-state index is -0.311. The summed E-state index contributed by atoms with van der Waals surface area (Å²) in [5.74, 6) is 0.857. The van der Waals surface area contributed by atoms with E-state index in [0.717, 1.165) is 32.4 Å². The van der Waals surface area contributed by atoms with Crippen LogP contribution in [-0.4, -0.2) is 36.3 Å². The molecular weight excluding hydrogens is 322 g/mol. The lowest BCUT2D eigenvalue weighted by atomic mass is 9.90. The van der Waals surface area contributed by atoms with Gasteiger partial charge < -0.3 is 10.2 Å². The summed E-state index contributed by atoms with van der Waals surface area (Å²) in [4.78, 5) is 14.0. The van der Waals surface area contributed by atoms with Crippen LogP contribution in [0.25, 0.3) is 0 Å². The number of hydrogen-bond acceptors (Lipinski definition) is 3. The van der Waals surface area contributed by atoms with E-state index in [0.29, 0.717) is 24.8 Å². The first-order valence-electron chi connectivity index (χ1n) is 8.47. The van der Waals surface area contributed by atoms with E-state index in [9.17, 15) is 10.1 Å². The maximum atomic E-state index is 12.0. The average molecular weight is 346 g/mol. The Kier molecular flexibility index (Phi) is 7.64. The zero-order chi connectivity index (χ0) is 17.2. The highest BCUT2D eigenvalue weighted by Crippen LogP contribution is 2.22. The van der Waals surface area contributed by atoms with Gasteiger partial charge in [-0.25, -0.2) is 0 Å². The van der Waals surface area contributed by atoms with Crippen molar-refractivity contribution in [1.82, 2.24) is 10.2 Å². The molecule has 1 N–H and O–H groups in total. The first-order chi connectivity index (χ1) is 11.7. The van der Waals surface area contributed by atoms with Gasteiger partial charge in [0.15, 0.2) is 0 Å². The molecule has 0 unspecified atom stereocenters. The molecule has 0 bridgehead atoms. The van der Waals surface area contributed by atoms with Crippen LogP contribution in [0.4, 0.5) is 0 Å². The molecule has 24 heavy (non-hydrogen) atoms. The smallest absolute Gasteiger partial charge is 0.263 e. The van der Waals surface area contributed by atoms with Crippen LogP contribution in [-0.2, 0) is 11.2 Å². The predicted octanol–water partition coefficient (Wildman–Crippen LogP) is 3.09. The van der Waals surface area contributed by atoms with Crippen molar-refractivity contribution in [2.45, 2.75) is 25.7 Å². The zero-order valence-electron chi connectivity index (χ0n) is 13.9. The third-order valence-electron chi connectivity index (χ3n) is 4.29. The van der Waals surface area contributed by atoms with E-state index in [4.69, 9.17) is 11.6 Å². The van der Waals surface area contributed by atoms with E-state index in [-0.39, 0.29) is 11.5 Å². The van der Waals surface area contributed by atoms with E-state index in [1.165, 1.54) is 5.56 Å². The Morgan fingerprint density at radius 2 is 2.04 bits per heavy atom. The minimum Gasteiger partial charge on any atom is -0.376 e. The summed E-state index contributed by atoms with van der Waals surface area (Å²) in [6.45, 7) is 2.27. The highest BCUT2D eigenvalue weighted by Gasteiger charge is 2.19. The van der Waals surface area contributed by atoms with Crippen LogP contribution in [0.3, 0.4) is 0 Å². The number of nitriles is 1. The van der Waals surface area contributed by atoms with Gasteiger partial charge in [-0.1, -0.05) is 30.3 Å². The number of benzene rings is 1. The number of piperidine rings is 1. The summed E-state index contributed by atoms with van der Waals surface area (Å²) < 4.78 is 0. The quantitative estimate of drug-likeness (QED) is 0.357. The molecule has 1 aromatic rings. The van der Waals surface area contributed by atoms with E-state index in [1.54, 1.807) is 6.20 Å². The molecule has 1 aromatic carbocycles. The molecule has 1 fully saturated rings. The monoisotopic (exact) mass is 345 g/mol. The Morgan fingerprint density at radius 1 is 1.33 bits per heavy atom. The fourth-order valence-electron chi connectivity index (χ4n) is 2.92. The Labute approximate surface area is 149 Å². The molecule has 5 heteroatoms. The molecule has 1 aliphatic rings. The summed E-state index contributed by atoms with van der Waals surface area (Å²) in [5.41, 5.74) is 1.55. The molecule has 0 radical (unpaired) electrons. The Hall–Kier alpha value is -1.99. The van der Waals surface area contributed by atoms with Crippen LogP contribution in [0.2, 0.25) is 0 Å². The van der Waals surface area contributed by atoms with Crippen LogP contribution < -0.4 is 5.32 Å². The lowest BCUT2D eigenvalue weighted by Gasteiger charge is -2.31. The molecule has 0 spiro atoms. The second kappa shape index (κ2) is 10.00. The van der Waals surface area contributed by atoms with E-state index in [2.05, 4.69) is 34.5 Å². The van der Waals surface area contributed by atoms with Crippen molar-refractivity contribution >= 4 is 17.5 Å². The van der Waals surface area contributed by atoms with Crippen molar-refractivity contribution < 1.29 is 4.79 Å². The molecule has 1 saturated heterocycles. The molecular formula is C19H24ClN3O. The molecule has 1 aliphatic heterocycles. The van der Waals surface area contributed by atoms with Crippen LogP contribution in [0.5, 0.6) is 0 Å². The van der Waals surface area contributed by atoms with Crippen molar-refractivity contribution in [3.05, 3.63) is 47.7 Å². The van der Waals surface area contributed by atoms with Gasteiger partial charge in [-0.2, -0.15) is 5.26 Å². The average Bonchev–Trinajstić information content (AvgIpc) is 2.62. The zero-order valence-corrected chi connectivity index (χ0v) is 14.6. The fourth-order valence-corrected chi connectivity index (χ4v) is 3.05. The van der Waals surface area contributed by atoms with Crippen LogP contribution in [0.1, 0.15) is 24.8 Å². The number of nitrogens with zero attached hydrogens (tertiary/aromatic N) is 2. The van der Waals surface area contributed by atoms with Gasteiger partial charge in [0, 0.05) is 31.7 Å². The van der Waals surface area contributed by atoms with Crippen LogP contribution in [0, 0.1) is 17.2 Å². The van der Waals surface area contributed by atoms with Gasteiger partial charge in [0.05, 0.1) is 0 Å². The van der Waals surface area contributed by atoms with E-state index in [1.807, 2.05) is 12.1 Å². The van der Waals surface area contributed by atoms with Gasteiger partial charge >= 0.3 is 0 Å². The van der Waals surface area contributed by atoms with Gasteiger partial charge in [-0.15, -0.1) is 11.6 Å². The van der Waals surface area contributed by atoms with Crippen molar-refractivity contribution in [2.75, 3.05) is 25.5 Å². The van der Waals surface area contributed by atoms with E-state index < -0.39 is 0 Å². The van der Waals surface area contributed by atoms with Crippen molar-refractivity contribution in [1.29, 1.82) is 5.26 Å². The maximum absolute atomic E-state index is 12.0. The SMILES string of the molecule is N#C/C(=C/N1CCC(Cc2ccccc2)CC1)C(=O)NCCCCl. The Bertz CT molecular complexity index is 586. The fraction of sp³-hybridized carbons (Fsp3) is 0.474. The molecule has 0 aromatic heterocycles. The highest BCUT2D eigenvalue weighted by molar-refractivity contribution is 6.17. The minimum absolute atomic E-state index is 0.172. The third-order valence-corrected chi connectivity index (χ3v) is 4.56. The number of carbonyl (C=O) groups excluding carboxylic acids is 1. The highest BCUT2D eigenvalue weighted by atomic mass is 35.5. The molecule has 1 amide bonds. The number of alkyl halides is 1. The first kappa shape index (κ1) is 18.4.